The summed E-state index contributed by atoms with van der Waals surface area (Å²) >= 11 is 12.3. The number of amides is 1. The lowest BCUT2D eigenvalue weighted by Crippen LogP contribution is -2.39. The summed E-state index contributed by atoms with van der Waals surface area (Å²) in [6.07, 6.45) is 5.41. The fourth-order valence-electron chi connectivity index (χ4n) is 4.53. The van der Waals surface area contributed by atoms with Crippen LogP contribution in [0.2, 0.25) is 10.0 Å². The van der Waals surface area contributed by atoms with E-state index in [4.69, 9.17) is 27.9 Å². The number of carbonyl (C=O) groups excluding carboxylic acids is 2. The van der Waals surface area contributed by atoms with Crippen molar-refractivity contribution in [3.63, 3.8) is 0 Å². The second-order valence-corrected chi connectivity index (χ2v) is 14.0. The molecule has 0 radical (unpaired) electrons. The predicted octanol–water partition coefficient (Wildman–Crippen LogP) is 6.07. The summed E-state index contributed by atoms with van der Waals surface area (Å²) in [6.45, 7) is 6.43. The summed E-state index contributed by atoms with van der Waals surface area (Å²) in [5.41, 5.74) is 1.50. The predicted molar refractivity (Wildman–Crippen MR) is 163 cm³/mol. The number of sulfonamides is 1. The van der Waals surface area contributed by atoms with E-state index in [1.807, 2.05) is 17.7 Å². The monoisotopic (exact) mass is 628 g/mol. The van der Waals surface area contributed by atoms with Crippen molar-refractivity contribution in [2.24, 2.45) is 0 Å². The number of esters is 1. The molecule has 0 saturated heterocycles. The molecule has 1 amide bonds. The SMILES string of the molecule is Cc1cn(-c2cc(C(=O)NC3CC3)ccn2)c2ccc(N(CC(=O)OC(C)(C)C)S(=O)(=O)c3cc(Cl)cc(Cl)c3)cc12. The number of carbonyl (C=O) groups is 2. The fraction of sp³-hybridized carbons (Fsp3) is 0.300. The Hall–Kier alpha value is -3.60. The lowest BCUT2D eigenvalue weighted by molar-refractivity contribution is -0.152. The minimum Gasteiger partial charge on any atom is -0.459 e. The number of hydrogen-bond acceptors (Lipinski definition) is 6. The van der Waals surface area contributed by atoms with Gasteiger partial charge in [0, 0.05) is 39.4 Å². The van der Waals surface area contributed by atoms with Gasteiger partial charge in [0.1, 0.15) is 18.0 Å². The van der Waals surface area contributed by atoms with E-state index in [0.717, 1.165) is 33.6 Å². The number of rotatable bonds is 8. The number of nitrogens with one attached hydrogen (secondary N) is 1. The molecule has 0 spiro atoms. The molecule has 0 unspecified atom stereocenters. The van der Waals surface area contributed by atoms with Gasteiger partial charge in [-0.05, 0) is 94.6 Å². The van der Waals surface area contributed by atoms with Crippen LogP contribution in [0.5, 0.6) is 0 Å². The molecular formula is C30H30Cl2N4O5S. The number of pyridine rings is 1. The number of halogens is 2. The Kier molecular flexibility index (Phi) is 8.00. The first-order valence-corrected chi connectivity index (χ1v) is 15.5. The number of aryl methyl sites for hydroxylation is 1. The third-order valence-electron chi connectivity index (χ3n) is 6.56. The third kappa shape index (κ3) is 6.56. The second-order valence-electron chi connectivity index (χ2n) is 11.2. The summed E-state index contributed by atoms with van der Waals surface area (Å²) in [7, 11) is -4.30. The van der Waals surface area contributed by atoms with Crippen molar-refractivity contribution >= 4 is 61.7 Å². The van der Waals surface area contributed by atoms with Crippen LogP contribution in [-0.4, -0.2) is 48.0 Å². The lowest BCUT2D eigenvalue weighted by Gasteiger charge is -2.26. The Morgan fingerprint density at radius 1 is 1.07 bits per heavy atom. The van der Waals surface area contributed by atoms with E-state index in [9.17, 15) is 18.0 Å². The van der Waals surface area contributed by atoms with Crippen LogP contribution >= 0.6 is 23.2 Å². The Bertz CT molecular complexity index is 1790. The van der Waals surface area contributed by atoms with Crippen molar-refractivity contribution in [2.75, 3.05) is 10.8 Å². The third-order valence-corrected chi connectivity index (χ3v) is 8.75. The zero-order valence-electron chi connectivity index (χ0n) is 23.5. The smallest absolute Gasteiger partial charge is 0.327 e. The second kappa shape index (κ2) is 11.2. The normalized spacial score (nSPS) is 13.7. The molecule has 0 bridgehead atoms. The Labute approximate surface area is 254 Å². The minimum absolute atomic E-state index is 0.141. The van der Waals surface area contributed by atoms with Crippen molar-refractivity contribution < 1.29 is 22.7 Å². The average Bonchev–Trinajstić information content (AvgIpc) is 3.66. The number of anilines is 1. The van der Waals surface area contributed by atoms with E-state index in [0.29, 0.717) is 11.4 Å². The molecule has 0 atom stereocenters. The molecule has 4 aromatic rings. The Balaban J connectivity index is 1.56. The number of benzene rings is 2. The molecule has 1 aliphatic carbocycles. The van der Waals surface area contributed by atoms with E-state index < -0.39 is 28.1 Å². The highest BCUT2D eigenvalue weighted by Crippen LogP contribution is 2.33. The van der Waals surface area contributed by atoms with Crippen LogP contribution < -0.4 is 9.62 Å². The number of nitrogens with zero attached hydrogens (tertiary/aromatic N) is 3. The molecule has 9 nitrogen and oxygen atoms in total. The Morgan fingerprint density at radius 3 is 2.40 bits per heavy atom. The summed E-state index contributed by atoms with van der Waals surface area (Å²) < 4.78 is 36.1. The molecule has 5 rings (SSSR count). The highest BCUT2D eigenvalue weighted by molar-refractivity contribution is 7.92. The first-order chi connectivity index (χ1) is 19.7. The van der Waals surface area contributed by atoms with E-state index >= 15 is 0 Å². The number of aromatic nitrogens is 2. The summed E-state index contributed by atoms with van der Waals surface area (Å²) in [6, 6.07) is 12.6. The number of ether oxygens (including phenoxy) is 1. The number of fused-ring (bicyclic) bond motifs is 1. The van der Waals surface area contributed by atoms with Gasteiger partial charge in [-0.1, -0.05) is 23.2 Å². The van der Waals surface area contributed by atoms with Crippen molar-refractivity contribution in [1.82, 2.24) is 14.9 Å². The molecule has 0 aliphatic heterocycles. The molecule has 220 valence electrons. The molecule has 1 N–H and O–H groups in total. The van der Waals surface area contributed by atoms with Crippen LogP contribution in [0.25, 0.3) is 16.7 Å². The maximum absolute atomic E-state index is 13.9. The van der Waals surface area contributed by atoms with Crippen LogP contribution in [0.4, 0.5) is 5.69 Å². The van der Waals surface area contributed by atoms with Gasteiger partial charge in [-0.3, -0.25) is 13.9 Å². The van der Waals surface area contributed by atoms with Gasteiger partial charge in [0.2, 0.25) is 0 Å². The van der Waals surface area contributed by atoms with E-state index in [2.05, 4.69) is 10.3 Å². The van der Waals surface area contributed by atoms with Gasteiger partial charge >= 0.3 is 5.97 Å². The molecule has 42 heavy (non-hydrogen) atoms. The summed E-state index contributed by atoms with van der Waals surface area (Å²) in [5.74, 6) is -0.337. The van der Waals surface area contributed by atoms with Crippen molar-refractivity contribution in [3.05, 3.63) is 82.1 Å². The van der Waals surface area contributed by atoms with E-state index in [1.165, 1.54) is 18.2 Å². The van der Waals surface area contributed by atoms with E-state index in [1.54, 1.807) is 57.3 Å². The van der Waals surface area contributed by atoms with Gasteiger partial charge in [0.05, 0.1) is 16.1 Å². The van der Waals surface area contributed by atoms with Gasteiger partial charge in [-0.25, -0.2) is 13.4 Å². The van der Waals surface area contributed by atoms with Crippen LogP contribution in [-0.2, 0) is 19.6 Å². The highest BCUT2D eigenvalue weighted by atomic mass is 35.5. The Morgan fingerprint density at radius 2 is 1.76 bits per heavy atom. The van der Waals surface area contributed by atoms with Crippen LogP contribution in [0.15, 0.2) is 65.8 Å². The van der Waals surface area contributed by atoms with Gasteiger partial charge in [-0.15, -0.1) is 0 Å². The maximum Gasteiger partial charge on any atom is 0.327 e. The average molecular weight is 630 g/mol. The molecule has 2 heterocycles. The van der Waals surface area contributed by atoms with Crippen LogP contribution in [0.3, 0.4) is 0 Å². The number of hydrogen-bond donors (Lipinski definition) is 1. The van der Waals surface area contributed by atoms with E-state index in [-0.39, 0.29) is 32.6 Å². The summed E-state index contributed by atoms with van der Waals surface area (Å²) in [5, 5.41) is 4.00. The summed E-state index contributed by atoms with van der Waals surface area (Å²) in [4.78, 5) is 29.8. The molecule has 2 aromatic carbocycles. The largest absolute Gasteiger partial charge is 0.459 e. The molecule has 12 heteroatoms. The zero-order chi connectivity index (χ0) is 30.4. The topological polar surface area (TPSA) is 111 Å². The first-order valence-electron chi connectivity index (χ1n) is 13.3. The van der Waals surface area contributed by atoms with Crippen molar-refractivity contribution in [1.29, 1.82) is 0 Å². The van der Waals surface area contributed by atoms with Crippen molar-refractivity contribution in [2.45, 2.75) is 57.1 Å². The van der Waals surface area contributed by atoms with Crippen LogP contribution in [0.1, 0.15) is 49.5 Å². The maximum atomic E-state index is 13.9. The molecular weight excluding hydrogens is 599 g/mol. The highest BCUT2D eigenvalue weighted by Gasteiger charge is 2.31. The molecule has 1 saturated carbocycles. The lowest BCUT2D eigenvalue weighted by atomic mass is 10.1. The van der Waals surface area contributed by atoms with Gasteiger partial charge in [-0.2, -0.15) is 0 Å². The quantitative estimate of drug-likeness (QED) is 0.237. The zero-order valence-corrected chi connectivity index (χ0v) is 25.8. The van der Waals surface area contributed by atoms with Crippen molar-refractivity contribution in [3.8, 4) is 5.82 Å². The molecule has 1 fully saturated rings. The van der Waals surface area contributed by atoms with Gasteiger partial charge in [0.25, 0.3) is 15.9 Å². The van der Waals surface area contributed by atoms with Crippen LogP contribution in [0, 0.1) is 6.92 Å². The molecule has 2 aromatic heterocycles. The van der Waals surface area contributed by atoms with Gasteiger partial charge in [0.15, 0.2) is 0 Å². The standard InChI is InChI=1S/C30H30Cl2N4O5S/c1-18-16-35(27-11-19(9-10-33-27)29(38)34-22-5-6-22)26-8-7-23(15-25(18)26)36(17-28(37)41-30(2,3)4)42(39,40)24-13-20(31)12-21(32)14-24/h7-16,22H,5-6,17H2,1-4H3,(H,34,38). The first kappa shape index (κ1) is 29.9. The van der Waals surface area contributed by atoms with Gasteiger partial charge < -0.3 is 14.6 Å². The minimum atomic E-state index is -4.30. The fourth-order valence-corrected chi connectivity index (χ4v) is 6.65. The molecule has 1 aliphatic rings.